The van der Waals surface area contributed by atoms with E-state index in [9.17, 15) is 4.79 Å². The van der Waals surface area contributed by atoms with E-state index >= 15 is 0 Å². The van der Waals surface area contributed by atoms with Crippen molar-refractivity contribution in [2.75, 3.05) is 32.1 Å². The molecule has 3 heterocycles. The summed E-state index contributed by atoms with van der Waals surface area (Å²) in [6, 6.07) is 3.10. The minimum atomic E-state index is -0.160. The molecule has 4 rings (SSSR count). The van der Waals surface area contributed by atoms with E-state index < -0.39 is 0 Å². The number of amides is 1. The van der Waals surface area contributed by atoms with E-state index in [1.165, 1.54) is 29.9 Å². The number of rotatable bonds is 6. The van der Waals surface area contributed by atoms with E-state index in [0.29, 0.717) is 12.1 Å². The first-order valence-corrected chi connectivity index (χ1v) is 10.5. The predicted octanol–water partition coefficient (Wildman–Crippen LogP) is 2.09. The molecule has 0 spiro atoms. The third-order valence-electron chi connectivity index (χ3n) is 6.19. The van der Waals surface area contributed by atoms with E-state index in [4.69, 9.17) is 0 Å². The molecule has 0 aromatic carbocycles. The number of hydrogen-bond acceptors (Lipinski definition) is 6. The Morgan fingerprint density at radius 2 is 2.03 bits per heavy atom. The quantitative estimate of drug-likeness (QED) is 0.804. The van der Waals surface area contributed by atoms with E-state index in [1.807, 2.05) is 20.0 Å². The molecular formula is C21H31N7O. The van der Waals surface area contributed by atoms with Crippen LogP contribution >= 0.6 is 0 Å². The number of carbonyl (C=O) groups is 1. The van der Waals surface area contributed by atoms with Crippen molar-refractivity contribution in [3.63, 3.8) is 0 Å². The molecule has 1 saturated carbocycles. The zero-order valence-electron chi connectivity index (χ0n) is 17.9. The lowest BCUT2D eigenvalue weighted by Crippen LogP contribution is -2.34. The van der Waals surface area contributed by atoms with E-state index in [1.54, 1.807) is 14.1 Å². The van der Waals surface area contributed by atoms with Crippen molar-refractivity contribution in [1.82, 2.24) is 30.0 Å². The molecule has 8 heteroatoms. The van der Waals surface area contributed by atoms with Gasteiger partial charge in [0.1, 0.15) is 5.82 Å². The Morgan fingerprint density at radius 3 is 2.72 bits per heavy atom. The SMILES string of the molecule is Cc1nc(C(=O)N(C)C)nc(N2CC[C@@H](NCc3ccnn3C3CCC3)C2)c1C. The Morgan fingerprint density at radius 1 is 1.24 bits per heavy atom. The van der Waals surface area contributed by atoms with Gasteiger partial charge in [0.05, 0.1) is 11.7 Å². The zero-order chi connectivity index (χ0) is 20.5. The molecule has 2 aromatic heterocycles. The normalized spacial score (nSPS) is 19.4. The maximum Gasteiger partial charge on any atom is 0.291 e. The zero-order valence-corrected chi connectivity index (χ0v) is 17.9. The summed E-state index contributed by atoms with van der Waals surface area (Å²) >= 11 is 0. The van der Waals surface area contributed by atoms with Crippen LogP contribution in [0.4, 0.5) is 5.82 Å². The molecule has 1 N–H and O–H groups in total. The second-order valence-electron chi connectivity index (χ2n) is 8.45. The van der Waals surface area contributed by atoms with Crippen LogP contribution in [0.2, 0.25) is 0 Å². The van der Waals surface area contributed by atoms with Crippen LogP contribution in [0, 0.1) is 13.8 Å². The van der Waals surface area contributed by atoms with Gasteiger partial charge in [0.2, 0.25) is 5.82 Å². The Kier molecular flexibility index (Phi) is 5.54. The Hall–Kier alpha value is -2.48. The molecule has 2 fully saturated rings. The summed E-state index contributed by atoms with van der Waals surface area (Å²) in [5, 5.41) is 8.22. The summed E-state index contributed by atoms with van der Waals surface area (Å²) in [5.74, 6) is 0.993. The molecule has 2 aliphatic rings. The molecule has 156 valence electrons. The average molecular weight is 398 g/mol. The van der Waals surface area contributed by atoms with Gasteiger partial charge in [-0.25, -0.2) is 9.97 Å². The van der Waals surface area contributed by atoms with Crippen LogP contribution < -0.4 is 10.2 Å². The summed E-state index contributed by atoms with van der Waals surface area (Å²) < 4.78 is 2.19. The third kappa shape index (κ3) is 3.99. The van der Waals surface area contributed by atoms with Crippen LogP contribution in [-0.2, 0) is 6.54 Å². The number of carbonyl (C=O) groups excluding carboxylic acids is 1. The molecule has 1 saturated heterocycles. The lowest BCUT2D eigenvalue weighted by atomic mass is 9.93. The molecule has 1 aliphatic heterocycles. The molecule has 1 atom stereocenters. The number of anilines is 1. The van der Waals surface area contributed by atoms with Crippen LogP contribution in [0.5, 0.6) is 0 Å². The topological polar surface area (TPSA) is 79.2 Å². The van der Waals surface area contributed by atoms with Crippen molar-refractivity contribution in [3.8, 4) is 0 Å². The molecule has 0 radical (unpaired) electrons. The van der Waals surface area contributed by atoms with Crippen molar-refractivity contribution in [2.45, 2.75) is 58.2 Å². The number of hydrogen-bond donors (Lipinski definition) is 1. The highest BCUT2D eigenvalue weighted by Crippen LogP contribution is 2.32. The lowest BCUT2D eigenvalue weighted by Gasteiger charge is -2.28. The molecule has 0 bridgehead atoms. The summed E-state index contributed by atoms with van der Waals surface area (Å²) in [6.45, 7) is 6.62. The van der Waals surface area contributed by atoms with Gasteiger partial charge in [-0.3, -0.25) is 9.48 Å². The lowest BCUT2D eigenvalue weighted by molar-refractivity contribution is 0.0815. The van der Waals surface area contributed by atoms with Crippen LogP contribution in [0.25, 0.3) is 0 Å². The summed E-state index contributed by atoms with van der Waals surface area (Å²) in [5.41, 5.74) is 3.17. The van der Waals surface area contributed by atoms with Crippen molar-refractivity contribution in [1.29, 1.82) is 0 Å². The second-order valence-corrected chi connectivity index (χ2v) is 8.45. The van der Waals surface area contributed by atoms with Crippen molar-refractivity contribution < 1.29 is 4.79 Å². The highest BCUT2D eigenvalue weighted by Gasteiger charge is 2.27. The molecule has 8 nitrogen and oxygen atoms in total. The van der Waals surface area contributed by atoms with Crippen LogP contribution in [0.3, 0.4) is 0 Å². The molecular weight excluding hydrogens is 366 g/mol. The van der Waals surface area contributed by atoms with Gasteiger partial charge in [-0.2, -0.15) is 5.10 Å². The second kappa shape index (κ2) is 8.10. The monoisotopic (exact) mass is 397 g/mol. The largest absolute Gasteiger partial charge is 0.355 e. The predicted molar refractivity (Wildman–Crippen MR) is 112 cm³/mol. The molecule has 0 unspecified atom stereocenters. The molecule has 1 amide bonds. The summed E-state index contributed by atoms with van der Waals surface area (Å²) in [6.07, 6.45) is 6.76. The van der Waals surface area contributed by atoms with Gasteiger partial charge in [-0.15, -0.1) is 0 Å². The van der Waals surface area contributed by atoms with Crippen molar-refractivity contribution in [2.24, 2.45) is 0 Å². The van der Waals surface area contributed by atoms with Gasteiger partial charge in [-0.05, 0) is 45.6 Å². The molecule has 29 heavy (non-hydrogen) atoms. The van der Waals surface area contributed by atoms with Crippen LogP contribution in [0.1, 0.15) is 59.3 Å². The van der Waals surface area contributed by atoms with Crippen molar-refractivity contribution in [3.05, 3.63) is 35.0 Å². The van der Waals surface area contributed by atoms with Crippen LogP contribution in [-0.4, -0.2) is 63.8 Å². The fourth-order valence-corrected chi connectivity index (χ4v) is 4.03. The number of nitrogens with one attached hydrogen (secondary N) is 1. The van der Waals surface area contributed by atoms with Crippen molar-refractivity contribution >= 4 is 11.7 Å². The maximum absolute atomic E-state index is 12.4. The molecule has 1 aliphatic carbocycles. The first-order valence-electron chi connectivity index (χ1n) is 10.5. The number of aryl methyl sites for hydroxylation is 1. The Labute approximate surface area is 172 Å². The third-order valence-corrected chi connectivity index (χ3v) is 6.19. The summed E-state index contributed by atoms with van der Waals surface area (Å²) in [4.78, 5) is 25.2. The Balaban J connectivity index is 1.42. The first kappa shape index (κ1) is 19.8. The van der Waals surface area contributed by atoms with E-state index in [-0.39, 0.29) is 11.7 Å². The highest BCUT2D eigenvalue weighted by atomic mass is 16.2. The number of aromatic nitrogens is 4. The van der Waals surface area contributed by atoms with E-state index in [2.05, 4.69) is 36.0 Å². The van der Waals surface area contributed by atoms with Gasteiger partial charge in [0.25, 0.3) is 5.91 Å². The Bertz CT molecular complexity index is 887. The fourth-order valence-electron chi connectivity index (χ4n) is 4.03. The first-order chi connectivity index (χ1) is 13.9. The van der Waals surface area contributed by atoms with Gasteiger partial charge < -0.3 is 15.1 Å². The standard InChI is InChI=1S/C21H31N7O/c1-14-15(2)24-19(21(29)26(3)4)25-20(14)27-11-9-16(13-27)22-12-18-8-10-23-28(18)17-6-5-7-17/h8,10,16-17,22H,5-7,9,11-13H2,1-4H3/t16-/m1/s1. The summed E-state index contributed by atoms with van der Waals surface area (Å²) in [7, 11) is 3.45. The van der Waals surface area contributed by atoms with Gasteiger partial charge >= 0.3 is 0 Å². The molecule has 2 aromatic rings. The fraction of sp³-hybridized carbons (Fsp3) is 0.619. The highest BCUT2D eigenvalue weighted by molar-refractivity contribution is 5.90. The van der Waals surface area contributed by atoms with Gasteiger partial charge in [-0.1, -0.05) is 0 Å². The van der Waals surface area contributed by atoms with Crippen LogP contribution in [0.15, 0.2) is 12.3 Å². The van der Waals surface area contributed by atoms with E-state index in [0.717, 1.165) is 43.1 Å². The maximum atomic E-state index is 12.4. The van der Waals surface area contributed by atoms with Gasteiger partial charge in [0, 0.05) is 57.2 Å². The number of nitrogens with zero attached hydrogens (tertiary/aromatic N) is 6. The average Bonchev–Trinajstić information content (AvgIpc) is 3.29. The smallest absolute Gasteiger partial charge is 0.291 e. The van der Waals surface area contributed by atoms with Gasteiger partial charge in [0.15, 0.2) is 0 Å². The minimum absolute atomic E-state index is 0.160. The minimum Gasteiger partial charge on any atom is -0.355 e.